The van der Waals surface area contributed by atoms with E-state index in [4.69, 9.17) is 0 Å². The Morgan fingerprint density at radius 1 is 0.955 bits per heavy atom. The fraction of sp³-hybridized carbons (Fsp3) is 0.950. The third kappa shape index (κ3) is 1.92. The van der Waals surface area contributed by atoms with Crippen molar-refractivity contribution in [3.8, 4) is 0 Å². The van der Waals surface area contributed by atoms with Crippen molar-refractivity contribution in [2.45, 2.75) is 84.2 Å². The minimum absolute atomic E-state index is 0.00449. The maximum Gasteiger partial charge on any atom is 0.139 e. The smallest absolute Gasteiger partial charge is 0.139 e. The first-order valence-electron chi connectivity index (χ1n) is 9.52. The van der Waals surface area contributed by atoms with Crippen molar-refractivity contribution in [3.05, 3.63) is 0 Å². The van der Waals surface area contributed by atoms with E-state index in [0.29, 0.717) is 23.0 Å². The molecule has 4 aliphatic carbocycles. The second-order valence-electron chi connectivity index (χ2n) is 9.78. The van der Waals surface area contributed by atoms with Crippen molar-refractivity contribution in [1.29, 1.82) is 0 Å². The van der Waals surface area contributed by atoms with Gasteiger partial charge in [-0.05, 0) is 87.4 Å². The number of Topliss-reactive ketones (excluding diaryl/α,β-unsaturated/α-hetero) is 1. The second kappa shape index (κ2) is 4.59. The van der Waals surface area contributed by atoms with Crippen LogP contribution in [-0.2, 0) is 4.79 Å². The highest BCUT2D eigenvalue weighted by Crippen LogP contribution is 2.66. The molecule has 0 aliphatic heterocycles. The van der Waals surface area contributed by atoms with E-state index in [1.54, 1.807) is 0 Å². The van der Waals surface area contributed by atoms with E-state index in [2.05, 4.69) is 13.8 Å². The topological polar surface area (TPSA) is 37.3 Å². The molecule has 0 amide bonds. The number of ketones is 1. The second-order valence-corrected chi connectivity index (χ2v) is 9.78. The van der Waals surface area contributed by atoms with Gasteiger partial charge in [-0.15, -0.1) is 0 Å². The quantitative estimate of drug-likeness (QED) is 0.722. The summed E-state index contributed by atoms with van der Waals surface area (Å²) >= 11 is 0. The van der Waals surface area contributed by atoms with Crippen LogP contribution in [-0.4, -0.2) is 16.5 Å². The summed E-state index contributed by atoms with van der Waals surface area (Å²) in [4.78, 5) is 12.4. The Morgan fingerprint density at radius 2 is 1.73 bits per heavy atom. The fourth-order valence-corrected chi connectivity index (χ4v) is 7.20. The molecule has 0 heterocycles. The highest BCUT2D eigenvalue weighted by Gasteiger charge is 2.60. The summed E-state index contributed by atoms with van der Waals surface area (Å²) < 4.78 is 0. The predicted molar refractivity (Wildman–Crippen MR) is 87.4 cm³/mol. The maximum absolute atomic E-state index is 12.4. The Labute approximate surface area is 135 Å². The lowest BCUT2D eigenvalue weighted by atomic mass is 9.44. The first-order valence-corrected chi connectivity index (χ1v) is 9.52. The molecule has 1 N–H and O–H groups in total. The van der Waals surface area contributed by atoms with Crippen LogP contribution in [0.5, 0.6) is 0 Å². The standard InChI is InChI=1S/C20H32O2/c1-18(22)10-11-19(2)13(12-18)4-5-14-15-6-7-17(21)20(15,3)9-8-16(14)19/h13-16,22H,4-12H2,1-3H3/t13-,14+,15?,16?,18-,19+,20+/m0/s1. The number of carbonyl (C=O) groups is 1. The molecule has 0 aromatic heterocycles. The summed E-state index contributed by atoms with van der Waals surface area (Å²) in [5.41, 5.74) is -0.0217. The molecule has 0 saturated heterocycles. The zero-order chi connectivity index (χ0) is 15.8. The Bertz CT molecular complexity index is 496. The van der Waals surface area contributed by atoms with Gasteiger partial charge in [-0.2, -0.15) is 0 Å². The Kier molecular flexibility index (Phi) is 3.16. The lowest BCUT2D eigenvalue weighted by Crippen LogP contribution is -2.55. The van der Waals surface area contributed by atoms with Crippen LogP contribution in [0.15, 0.2) is 0 Å². The molecule has 22 heavy (non-hydrogen) atoms. The van der Waals surface area contributed by atoms with Crippen LogP contribution >= 0.6 is 0 Å². The van der Waals surface area contributed by atoms with Gasteiger partial charge in [0.2, 0.25) is 0 Å². The summed E-state index contributed by atoms with van der Waals surface area (Å²) in [6.45, 7) is 6.82. The average Bonchev–Trinajstić information content (AvgIpc) is 2.76. The van der Waals surface area contributed by atoms with Gasteiger partial charge in [-0.1, -0.05) is 13.8 Å². The lowest BCUT2D eigenvalue weighted by molar-refractivity contribution is -0.151. The molecule has 4 rings (SSSR count). The van der Waals surface area contributed by atoms with Crippen LogP contribution in [0, 0.1) is 34.5 Å². The molecule has 2 nitrogen and oxygen atoms in total. The van der Waals surface area contributed by atoms with Crippen molar-refractivity contribution in [2.75, 3.05) is 0 Å². The van der Waals surface area contributed by atoms with Crippen molar-refractivity contribution >= 4 is 5.78 Å². The molecule has 0 spiro atoms. The number of fused-ring (bicyclic) bond motifs is 5. The van der Waals surface area contributed by atoms with Gasteiger partial charge in [0, 0.05) is 11.8 Å². The van der Waals surface area contributed by atoms with Crippen LogP contribution in [0.1, 0.15) is 78.6 Å². The van der Waals surface area contributed by atoms with Gasteiger partial charge in [-0.25, -0.2) is 0 Å². The van der Waals surface area contributed by atoms with Crippen molar-refractivity contribution in [3.63, 3.8) is 0 Å². The van der Waals surface area contributed by atoms with E-state index in [-0.39, 0.29) is 5.41 Å². The maximum atomic E-state index is 12.4. The van der Waals surface area contributed by atoms with Crippen LogP contribution in [0.4, 0.5) is 0 Å². The Balaban J connectivity index is 1.63. The SMILES string of the molecule is C[C@]1(O)CC[C@@]2(C)C3CC[C@@]4(C)C(=O)CCC4[C@H]3CC[C@H]2C1. The van der Waals surface area contributed by atoms with Gasteiger partial charge in [0.25, 0.3) is 0 Å². The molecule has 124 valence electrons. The molecule has 4 aliphatic rings. The minimum atomic E-state index is -0.441. The lowest BCUT2D eigenvalue weighted by Gasteiger charge is -2.61. The summed E-state index contributed by atoms with van der Waals surface area (Å²) in [5.74, 6) is 3.47. The normalized spacial score (nSPS) is 57.9. The Morgan fingerprint density at radius 3 is 2.50 bits per heavy atom. The van der Waals surface area contributed by atoms with E-state index in [1.165, 1.54) is 25.7 Å². The van der Waals surface area contributed by atoms with Gasteiger partial charge in [-0.3, -0.25) is 4.79 Å². The number of hydrogen-bond acceptors (Lipinski definition) is 2. The van der Waals surface area contributed by atoms with Crippen molar-refractivity contribution < 1.29 is 9.90 Å². The zero-order valence-electron chi connectivity index (χ0n) is 14.5. The van der Waals surface area contributed by atoms with E-state index in [0.717, 1.165) is 43.9 Å². The van der Waals surface area contributed by atoms with E-state index >= 15 is 0 Å². The summed E-state index contributed by atoms with van der Waals surface area (Å²) in [7, 11) is 0. The minimum Gasteiger partial charge on any atom is -0.390 e. The molecular formula is C20H32O2. The Hall–Kier alpha value is -0.370. The molecule has 0 aromatic rings. The molecule has 0 bridgehead atoms. The molecule has 2 unspecified atom stereocenters. The summed E-state index contributed by atoms with van der Waals surface area (Å²) in [6.07, 6.45) is 10.1. The number of hydrogen-bond donors (Lipinski definition) is 1. The predicted octanol–water partition coefficient (Wildman–Crippen LogP) is 4.35. The van der Waals surface area contributed by atoms with Crippen LogP contribution in [0.3, 0.4) is 0 Å². The fourth-order valence-electron chi connectivity index (χ4n) is 7.20. The monoisotopic (exact) mass is 304 g/mol. The van der Waals surface area contributed by atoms with Crippen molar-refractivity contribution in [1.82, 2.24) is 0 Å². The molecule has 7 atom stereocenters. The van der Waals surface area contributed by atoms with Gasteiger partial charge in [0.15, 0.2) is 0 Å². The van der Waals surface area contributed by atoms with E-state index in [1.807, 2.05) is 6.92 Å². The molecule has 0 aromatic carbocycles. The summed E-state index contributed by atoms with van der Waals surface area (Å²) in [6, 6.07) is 0. The number of rotatable bonds is 0. The first kappa shape index (κ1) is 15.2. The van der Waals surface area contributed by atoms with Crippen LogP contribution in [0.25, 0.3) is 0 Å². The van der Waals surface area contributed by atoms with Gasteiger partial charge in [0.05, 0.1) is 5.60 Å². The molecule has 2 heteroatoms. The van der Waals surface area contributed by atoms with E-state index in [9.17, 15) is 9.90 Å². The zero-order valence-corrected chi connectivity index (χ0v) is 14.5. The number of aliphatic hydroxyl groups is 1. The van der Waals surface area contributed by atoms with Crippen molar-refractivity contribution in [2.24, 2.45) is 34.5 Å². The largest absolute Gasteiger partial charge is 0.390 e. The van der Waals surface area contributed by atoms with Crippen LogP contribution in [0.2, 0.25) is 0 Å². The highest BCUT2D eigenvalue weighted by atomic mass is 16.3. The van der Waals surface area contributed by atoms with E-state index < -0.39 is 5.60 Å². The molecule has 4 fully saturated rings. The summed E-state index contributed by atoms with van der Waals surface area (Å²) in [5, 5.41) is 10.5. The molecule has 0 radical (unpaired) electrons. The third-order valence-corrected chi connectivity index (χ3v) is 8.66. The van der Waals surface area contributed by atoms with Crippen LogP contribution < -0.4 is 0 Å². The average molecular weight is 304 g/mol. The van der Waals surface area contributed by atoms with Gasteiger partial charge < -0.3 is 5.11 Å². The molecule has 4 saturated carbocycles. The van der Waals surface area contributed by atoms with Gasteiger partial charge in [0.1, 0.15) is 5.78 Å². The third-order valence-electron chi connectivity index (χ3n) is 8.66. The van der Waals surface area contributed by atoms with Gasteiger partial charge >= 0.3 is 0 Å². The highest BCUT2D eigenvalue weighted by molar-refractivity contribution is 5.87. The molecular weight excluding hydrogens is 272 g/mol. The number of carbonyl (C=O) groups excluding carboxylic acids is 1. The first-order chi connectivity index (χ1) is 10.3.